The van der Waals surface area contributed by atoms with Crippen LogP contribution in [-0.4, -0.2) is 49.6 Å². The van der Waals surface area contributed by atoms with Gasteiger partial charge in [-0.05, 0) is 12.8 Å². The second-order valence-corrected chi connectivity index (χ2v) is 6.02. The van der Waals surface area contributed by atoms with Crippen molar-refractivity contribution < 1.29 is 4.79 Å². The number of carbonyl (C=O) groups is 1. The summed E-state index contributed by atoms with van der Waals surface area (Å²) in [4.78, 5) is 39.5. The van der Waals surface area contributed by atoms with Crippen molar-refractivity contribution >= 4 is 28.8 Å². The van der Waals surface area contributed by atoms with Crippen LogP contribution in [0.2, 0.25) is 0 Å². The lowest BCUT2D eigenvalue weighted by Gasteiger charge is -2.19. The first kappa shape index (κ1) is 14.1. The van der Waals surface area contributed by atoms with Crippen molar-refractivity contribution in [1.82, 2.24) is 24.8 Å². The third-order valence-corrected chi connectivity index (χ3v) is 4.42. The Morgan fingerprint density at radius 1 is 1.29 bits per heavy atom. The van der Waals surface area contributed by atoms with E-state index < -0.39 is 0 Å². The first-order chi connectivity index (χ1) is 10.2. The van der Waals surface area contributed by atoms with Gasteiger partial charge < -0.3 is 9.88 Å². The third kappa shape index (κ3) is 3.26. The summed E-state index contributed by atoms with van der Waals surface area (Å²) in [6, 6.07) is 0. The Kier molecular flexibility index (Phi) is 4.23. The van der Waals surface area contributed by atoms with Crippen molar-refractivity contribution in [3.63, 3.8) is 0 Å². The standard InChI is InChI=1S/C13H17N5O2S/c19-9(18-5-3-1-2-4-6-18)7-21-13-16-11-10(12(20)17-13)14-8-15-11/h8H,1-7H2,(H2,14,15,16,17,20). The molecule has 3 rings (SSSR count). The summed E-state index contributed by atoms with van der Waals surface area (Å²) in [5, 5.41) is 0.433. The van der Waals surface area contributed by atoms with Gasteiger partial charge in [0.15, 0.2) is 16.3 Å². The van der Waals surface area contributed by atoms with Crippen LogP contribution in [0.15, 0.2) is 16.3 Å². The van der Waals surface area contributed by atoms with Crippen molar-refractivity contribution in [2.24, 2.45) is 0 Å². The van der Waals surface area contributed by atoms with Gasteiger partial charge in [0.25, 0.3) is 5.56 Å². The Hall–Kier alpha value is -1.83. The van der Waals surface area contributed by atoms with Crippen molar-refractivity contribution in [2.75, 3.05) is 18.8 Å². The van der Waals surface area contributed by atoms with E-state index in [2.05, 4.69) is 19.9 Å². The van der Waals surface area contributed by atoms with Crippen LogP contribution in [0.25, 0.3) is 11.2 Å². The van der Waals surface area contributed by atoms with E-state index >= 15 is 0 Å². The molecule has 7 nitrogen and oxygen atoms in total. The monoisotopic (exact) mass is 307 g/mol. The number of aromatic amines is 2. The van der Waals surface area contributed by atoms with E-state index in [1.807, 2.05) is 4.90 Å². The molecule has 112 valence electrons. The number of hydrogen-bond donors (Lipinski definition) is 2. The highest BCUT2D eigenvalue weighted by Gasteiger charge is 2.16. The molecular weight excluding hydrogens is 290 g/mol. The third-order valence-electron chi connectivity index (χ3n) is 3.57. The lowest BCUT2D eigenvalue weighted by atomic mass is 10.2. The second kappa shape index (κ2) is 6.30. The van der Waals surface area contributed by atoms with E-state index in [-0.39, 0.29) is 11.5 Å². The van der Waals surface area contributed by atoms with Crippen LogP contribution in [0, 0.1) is 0 Å². The molecule has 3 heterocycles. The first-order valence-electron chi connectivity index (χ1n) is 7.08. The lowest BCUT2D eigenvalue weighted by molar-refractivity contribution is -0.128. The summed E-state index contributed by atoms with van der Waals surface area (Å²) >= 11 is 1.25. The number of rotatable bonds is 3. The zero-order valence-electron chi connectivity index (χ0n) is 11.6. The highest BCUT2D eigenvalue weighted by atomic mass is 32.2. The summed E-state index contributed by atoms with van der Waals surface area (Å²) in [5.74, 6) is 0.394. The summed E-state index contributed by atoms with van der Waals surface area (Å²) in [7, 11) is 0. The molecule has 21 heavy (non-hydrogen) atoms. The Labute approximate surface area is 125 Å². The highest BCUT2D eigenvalue weighted by molar-refractivity contribution is 7.99. The maximum absolute atomic E-state index is 12.2. The molecule has 2 aromatic heterocycles. The molecule has 1 fully saturated rings. The molecule has 1 amide bonds. The predicted molar refractivity (Wildman–Crippen MR) is 80.3 cm³/mol. The second-order valence-electron chi connectivity index (χ2n) is 5.06. The van der Waals surface area contributed by atoms with Gasteiger partial charge in [0.2, 0.25) is 5.91 Å². The van der Waals surface area contributed by atoms with Crippen LogP contribution in [0.5, 0.6) is 0 Å². The summed E-state index contributed by atoms with van der Waals surface area (Å²) in [6.07, 6.45) is 5.97. The van der Waals surface area contributed by atoms with Crippen molar-refractivity contribution in [1.29, 1.82) is 0 Å². The van der Waals surface area contributed by atoms with Crippen LogP contribution >= 0.6 is 11.8 Å². The van der Waals surface area contributed by atoms with Crippen molar-refractivity contribution in [3.05, 3.63) is 16.7 Å². The number of aromatic nitrogens is 4. The number of imidazole rings is 1. The molecule has 0 unspecified atom stereocenters. The molecule has 0 bridgehead atoms. The molecule has 2 N–H and O–H groups in total. The lowest BCUT2D eigenvalue weighted by Crippen LogP contribution is -2.33. The number of hydrogen-bond acceptors (Lipinski definition) is 5. The number of amides is 1. The van der Waals surface area contributed by atoms with Gasteiger partial charge >= 0.3 is 0 Å². The first-order valence-corrected chi connectivity index (χ1v) is 8.06. The van der Waals surface area contributed by atoms with E-state index in [1.54, 1.807) is 0 Å². The van der Waals surface area contributed by atoms with E-state index in [1.165, 1.54) is 30.9 Å². The van der Waals surface area contributed by atoms with E-state index in [4.69, 9.17) is 0 Å². The number of thioether (sulfide) groups is 1. The van der Waals surface area contributed by atoms with Crippen LogP contribution in [0.4, 0.5) is 0 Å². The Balaban J connectivity index is 1.65. The van der Waals surface area contributed by atoms with E-state index in [0.29, 0.717) is 22.1 Å². The van der Waals surface area contributed by atoms with E-state index in [0.717, 1.165) is 25.9 Å². The maximum Gasteiger partial charge on any atom is 0.277 e. The van der Waals surface area contributed by atoms with Gasteiger partial charge in [-0.15, -0.1) is 0 Å². The molecule has 0 atom stereocenters. The molecular formula is C13H17N5O2S. The summed E-state index contributed by atoms with van der Waals surface area (Å²) in [5.41, 5.74) is 0.476. The fourth-order valence-electron chi connectivity index (χ4n) is 2.43. The van der Waals surface area contributed by atoms with E-state index in [9.17, 15) is 9.59 Å². The van der Waals surface area contributed by atoms with Crippen LogP contribution in [-0.2, 0) is 4.79 Å². The normalized spacial score (nSPS) is 16.1. The molecule has 1 aliphatic heterocycles. The maximum atomic E-state index is 12.2. The quantitative estimate of drug-likeness (QED) is 0.655. The van der Waals surface area contributed by atoms with Crippen molar-refractivity contribution in [3.8, 4) is 0 Å². The minimum absolute atomic E-state index is 0.103. The number of fused-ring (bicyclic) bond motifs is 1. The van der Waals surface area contributed by atoms with Crippen molar-refractivity contribution in [2.45, 2.75) is 30.8 Å². The molecule has 0 aromatic carbocycles. The molecule has 1 aliphatic rings. The number of nitrogens with zero attached hydrogens (tertiary/aromatic N) is 3. The van der Waals surface area contributed by atoms with Crippen LogP contribution in [0.1, 0.15) is 25.7 Å². The number of nitrogens with one attached hydrogen (secondary N) is 2. The Morgan fingerprint density at radius 3 is 2.81 bits per heavy atom. The molecule has 2 aromatic rings. The molecule has 1 saturated heterocycles. The summed E-state index contributed by atoms with van der Waals surface area (Å²) in [6.45, 7) is 1.67. The molecule has 0 radical (unpaired) electrons. The number of H-pyrrole nitrogens is 2. The van der Waals surface area contributed by atoms with Gasteiger partial charge in [0.1, 0.15) is 0 Å². The van der Waals surface area contributed by atoms with Crippen LogP contribution < -0.4 is 5.56 Å². The van der Waals surface area contributed by atoms with Gasteiger partial charge in [-0.3, -0.25) is 14.6 Å². The number of likely N-dealkylation sites (tertiary alicyclic amines) is 1. The zero-order valence-corrected chi connectivity index (χ0v) is 12.4. The number of carbonyl (C=O) groups excluding carboxylic acids is 1. The minimum Gasteiger partial charge on any atom is -0.342 e. The Morgan fingerprint density at radius 2 is 2.05 bits per heavy atom. The van der Waals surface area contributed by atoms with Gasteiger partial charge in [-0.25, -0.2) is 9.97 Å². The fraction of sp³-hybridized carbons (Fsp3) is 0.538. The summed E-state index contributed by atoms with van der Waals surface area (Å²) < 4.78 is 0. The average molecular weight is 307 g/mol. The molecule has 0 aliphatic carbocycles. The highest BCUT2D eigenvalue weighted by Crippen LogP contribution is 2.16. The Bertz CT molecular complexity index is 687. The molecule has 0 saturated carbocycles. The van der Waals surface area contributed by atoms with Gasteiger partial charge in [-0.1, -0.05) is 24.6 Å². The minimum atomic E-state index is -0.262. The molecule has 0 spiro atoms. The average Bonchev–Trinajstić information content (AvgIpc) is 2.79. The predicted octanol–water partition coefficient (Wildman–Crippen LogP) is 1.14. The fourth-order valence-corrected chi connectivity index (χ4v) is 3.19. The smallest absolute Gasteiger partial charge is 0.277 e. The SMILES string of the molecule is O=C(CSc1nc2nc[nH]c2c(=O)[nH]1)N1CCCCCC1. The van der Waals surface area contributed by atoms with Gasteiger partial charge in [0.05, 0.1) is 12.1 Å². The zero-order chi connectivity index (χ0) is 14.7. The van der Waals surface area contributed by atoms with Gasteiger partial charge in [-0.2, -0.15) is 0 Å². The van der Waals surface area contributed by atoms with Gasteiger partial charge in [0, 0.05) is 13.1 Å². The largest absolute Gasteiger partial charge is 0.342 e. The topological polar surface area (TPSA) is 94.7 Å². The van der Waals surface area contributed by atoms with Crippen LogP contribution in [0.3, 0.4) is 0 Å². The molecule has 8 heteroatoms.